The lowest BCUT2D eigenvalue weighted by molar-refractivity contribution is -1.02. The number of benzene rings is 1. The summed E-state index contributed by atoms with van der Waals surface area (Å²) in [6.45, 7) is 7.07. The van der Waals surface area contributed by atoms with E-state index in [4.69, 9.17) is 14.7 Å². The highest BCUT2D eigenvalue weighted by atomic mass is 16.7. The van der Waals surface area contributed by atoms with Crippen molar-refractivity contribution < 1.29 is 19.3 Å². The summed E-state index contributed by atoms with van der Waals surface area (Å²) in [6.07, 6.45) is 0.673. The second-order valence-electron chi connectivity index (χ2n) is 5.52. The second kappa shape index (κ2) is 6.12. The zero-order valence-corrected chi connectivity index (χ0v) is 11.7. The van der Waals surface area contributed by atoms with Gasteiger partial charge in [0.15, 0.2) is 11.5 Å². The first kappa shape index (κ1) is 13.2. The lowest BCUT2D eigenvalue weighted by Crippen LogP contribution is -3.27. The molecule has 0 unspecified atom stereocenters. The smallest absolute Gasteiger partial charge is 0.231 e. The van der Waals surface area contributed by atoms with Crippen LogP contribution in [0.15, 0.2) is 18.2 Å². The molecule has 1 fully saturated rings. The van der Waals surface area contributed by atoms with E-state index in [1.54, 1.807) is 9.80 Å². The number of nitrogens with zero attached hydrogens (tertiary/aromatic N) is 1. The summed E-state index contributed by atoms with van der Waals surface area (Å²) in [7, 11) is 0. The maximum atomic E-state index is 8.63. The Morgan fingerprint density at radius 2 is 1.80 bits per heavy atom. The van der Waals surface area contributed by atoms with Gasteiger partial charge < -0.3 is 19.3 Å². The lowest BCUT2D eigenvalue weighted by atomic mass is 10.1. The molecule has 1 aromatic carbocycles. The highest BCUT2D eigenvalue weighted by molar-refractivity contribution is 5.44. The molecule has 0 saturated carbocycles. The molecule has 20 heavy (non-hydrogen) atoms. The summed E-state index contributed by atoms with van der Waals surface area (Å²) < 4.78 is 10.8. The third-order valence-corrected chi connectivity index (χ3v) is 4.15. The van der Waals surface area contributed by atoms with E-state index in [0.29, 0.717) is 13.2 Å². The highest BCUT2D eigenvalue weighted by Crippen LogP contribution is 2.32. The van der Waals surface area contributed by atoms with Gasteiger partial charge in [0, 0.05) is 5.56 Å². The first-order valence-electron chi connectivity index (χ1n) is 7.28. The molecule has 0 aliphatic carbocycles. The summed E-state index contributed by atoms with van der Waals surface area (Å²) in [5, 5.41) is 8.63. The molecule has 1 aromatic rings. The Labute approximate surface area is 119 Å². The van der Waals surface area contributed by atoms with Crippen molar-refractivity contribution in [2.45, 2.75) is 13.0 Å². The van der Waals surface area contributed by atoms with Crippen LogP contribution in [0.5, 0.6) is 11.5 Å². The molecule has 2 aliphatic heterocycles. The molecular weight excluding hydrogens is 254 g/mol. The Kier molecular flexibility index (Phi) is 4.05. The summed E-state index contributed by atoms with van der Waals surface area (Å²) >= 11 is 0. The standard InChI is InChI=1S/C15H19N3O2/c16-4-1-5-17-6-8-18(9-7-17)11-13-2-3-14-15(10-13)20-12-19-14/h2-3,10H,1,5-9,11-12H2/p+2. The molecule has 2 N–H and O–H groups in total. The molecule has 2 heterocycles. The zero-order chi connectivity index (χ0) is 13.8. The molecule has 0 aromatic heterocycles. The Bertz CT molecular complexity index is 504. The van der Waals surface area contributed by atoms with Crippen LogP contribution in [0.1, 0.15) is 12.0 Å². The second-order valence-corrected chi connectivity index (χ2v) is 5.52. The minimum Gasteiger partial charge on any atom is -0.454 e. The third kappa shape index (κ3) is 3.03. The van der Waals surface area contributed by atoms with E-state index >= 15 is 0 Å². The molecule has 5 heteroatoms. The van der Waals surface area contributed by atoms with Crippen LogP contribution >= 0.6 is 0 Å². The van der Waals surface area contributed by atoms with E-state index in [1.165, 1.54) is 31.7 Å². The molecule has 0 radical (unpaired) electrons. The van der Waals surface area contributed by atoms with Crippen LogP contribution in [0.4, 0.5) is 0 Å². The van der Waals surface area contributed by atoms with Crippen LogP contribution in [0.25, 0.3) is 0 Å². The number of quaternary nitrogens is 2. The number of piperazine rings is 1. The van der Waals surface area contributed by atoms with Crippen LogP contribution in [-0.2, 0) is 6.54 Å². The topological polar surface area (TPSA) is 51.1 Å². The van der Waals surface area contributed by atoms with Gasteiger partial charge in [0.05, 0.1) is 19.0 Å². The quantitative estimate of drug-likeness (QED) is 0.711. The van der Waals surface area contributed by atoms with E-state index in [9.17, 15) is 0 Å². The molecule has 1 saturated heterocycles. The molecule has 106 valence electrons. The SMILES string of the molecule is N#CCC[NH+]1CC[NH+](Cc2ccc3c(c2)OCO3)CC1. The fraction of sp³-hybridized carbons (Fsp3) is 0.533. The summed E-state index contributed by atoms with van der Waals surface area (Å²) in [5.41, 5.74) is 1.31. The molecule has 0 atom stereocenters. The van der Waals surface area contributed by atoms with E-state index in [1.807, 2.05) is 6.07 Å². The number of hydrogen-bond acceptors (Lipinski definition) is 3. The van der Waals surface area contributed by atoms with Crippen LogP contribution in [-0.4, -0.2) is 39.5 Å². The van der Waals surface area contributed by atoms with Gasteiger partial charge in [-0.15, -0.1) is 0 Å². The van der Waals surface area contributed by atoms with Gasteiger partial charge in [-0.1, -0.05) is 0 Å². The third-order valence-electron chi connectivity index (χ3n) is 4.15. The van der Waals surface area contributed by atoms with E-state index < -0.39 is 0 Å². The number of ether oxygens (including phenoxy) is 2. The maximum absolute atomic E-state index is 8.63. The van der Waals surface area contributed by atoms with Gasteiger partial charge >= 0.3 is 0 Å². The Hall–Kier alpha value is -1.77. The van der Waals surface area contributed by atoms with Gasteiger partial charge in [-0.2, -0.15) is 5.26 Å². The molecule has 0 amide bonds. The molecule has 0 bridgehead atoms. The van der Waals surface area contributed by atoms with Crippen molar-refractivity contribution >= 4 is 0 Å². The molecule has 2 aliphatic rings. The average molecular weight is 275 g/mol. The summed E-state index contributed by atoms with van der Waals surface area (Å²) in [6, 6.07) is 8.48. The largest absolute Gasteiger partial charge is 0.454 e. The Balaban J connectivity index is 1.51. The fourth-order valence-electron chi connectivity index (χ4n) is 2.96. The zero-order valence-electron chi connectivity index (χ0n) is 11.7. The molecule has 3 rings (SSSR count). The van der Waals surface area contributed by atoms with Crippen molar-refractivity contribution in [2.24, 2.45) is 0 Å². The van der Waals surface area contributed by atoms with Gasteiger partial charge in [0.1, 0.15) is 32.7 Å². The van der Waals surface area contributed by atoms with Crippen LogP contribution in [0, 0.1) is 11.3 Å². The van der Waals surface area contributed by atoms with Crippen molar-refractivity contribution in [1.82, 2.24) is 0 Å². The number of fused-ring (bicyclic) bond motifs is 1. The number of hydrogen-bond donors (Lipinski definition) is 2. The predicted octanol–water partition coefficient (Wildman–Crippen LogP) is -1.39. The Morgan fingerprint density at radius 1 is 1.05 bits per heavy atom. The minimum absolute atomic E-state index is 0.340. The number of nitrogens with one attached hydrogen (secondary N) is 2. The minimum atomic E-state index is 0.340. The average Bonchev–Trinajstić information content (AvgIpc) is 2.94. The first-order chi connectivity index (χ1) is 9.85. The molecule has 0 spiro atoms. The van der Waals surface area contributed by atoms with E-state index in [0.717, 1.165) is 24.6 Å². The van der Waals surface area contributed by atoms with Crippen molar-refractivity contribution in [1.29, 1.82) is 5.26 Å². The number of nitriles is 1. The van der Waals surface area contributed by atoms with Gasteiger partial charge in [-0.3, -0.25) is 0 Å². The van der Waals surface area contributed by atoms with Crippen molar-refractivity contribution in [3.05, 3.63) is 23.8 Å². The number of rotatable bonds is 4. The predicted molar refractivity (Wildman–Crippen MR) is 72.8 cm³/mol. The summed E-state index contributed by atoms with van der Waals surface area (Å²) in [5.74, 6) is 1.73. The monoisotopic (exact) mass is 275 g/mol. The van der Waals surface area contributed by atoms with Crippen LogP contribution < -0.4 is 19.3 Å². The van der Waals surface area contributed by atoms with Gasteiger partial charge in [-0.25, -0.2) is 0 Å². The fourth-order valence-corrected chi connectivity index (χ4v) is 2.96. The molecule has 5 nitrogen and oxygen atoms in total. The van der Waals surface area contributed by atoms with Gasteiger partial charge in [0.25, 0.3) is 0 Å². The Morgan fingerprint density at radius 3 is 2.60 bits per heavy atom. The lowest BCUT2D eigenvalue weighted by Gasteiger charge is -2.29. The normalized spacial score (nSPS) is 24.4. The van der Waals surface area contributed by atoms with Crippen LogP contribution in [0.2, 0.25) is 0 Å². The van der Waals surface area contributed by atoms with E-state index in [2.05, 4.69) is 18.2 Å². The van der Waals surface area contributed by atoms with Crippen molar-refractivity contribution in [3.8, 4) is 17.6 Å². The highest BCUT2D eigenvalue weighted by Gasteiger charge is 2.23. The maximum Gasteiger partial charge on any atom is 0.231 e. The van der Waals surface area contributed by atoms with E-state index in [-0.39, 0.29) is 0 Å². The van der Waals surface area contributed by atoms with Crippen LogP contribution in [0.3, 0.4) is 0 Å². The first-order valence-corrected chi connectivity index (χ1v) is 7.28. The van der Waals surface area contributed by atoms with Crippen molar-refractivity contribution in [2.75, 3.05) is 39.5 Å². The molecular formula is C15H21N3O2+2. The van der Waals surface area contributed by atoms with Crippen molar-refractivity contribution in [3.63, 3.8) is 0 Å². The summed E-state index contributed by atoms with van der Waals surface area (Å²) in [4.78, 5) is 3.19. The van der Waals surface area contributed by atoms with Gasteiger partial charge in [0.2, 0.25) is 6.79 Å². The van der Waals surface area contributed by atoms with Gasteiger partial charge in [-0.05, 0) is 18.2 Å².